The van der Waals surface area contributed by atoms with Crippen molar-refractivity contribution in [1.29, 1.82) is 0 Å². The molecule has 0 aliphatic carbocycles. The lowest BCUT2D eigenvalue weighted by atomic mass is 10.2. The molecule has 1 heterocycles. The second-order valence-corrected chi connectivity index (χ2v) is 5.26. The fourth-order valence-corrected chi connectivity index (χ4v) is 2.23. The van der Waals surface area contributed by atoms with Crippen LogP contribution in [0.25, 0.3) is 0 Å². The molecule has 1 aromatic carbocycles. The zero-order chi connectivity index (χ0) is 17.5. The molecule has 1 amide bonds. The van der Waals surface area contributed by atoms with Crippen LogP contribution in [0.3, 0.4) is 0 Å². The molecule has 0 saturated heterocycles. The number of carbonyl (C=O) groups is 1. The van der Waals surface area contributed by atoms with Crippen molar-refractivity contribution in [3.63, 3.8) is 0 Å². The Balaban J connectivity index is 2.20. The Labute approximate surface area is 145 Å². The average Bonchev–Trinajstić information content (AvgIpc) is 2.57. The Kier molecular flexibility index (Phi) is 5.79. The summed E-state index contributed by atoms with van der Waals surface area (Å²) in [4.78, 5) is 30.4. The lowest BCUT2D eigenvalue weighted by Crippen LogP contribution is -2.30. The van der Waals surface area contributed by atoms with Crippen LogP contribution in [0.5, 0.6) is 0 Å². The maximum absolute atomic E-state index is 12.1. The van der Waals surface area contributed by atoms with E-state index < -0.39 is 10.8 Å². The summed E-state index contributed by atoms with van der Waals surface area (Å²) < 4.78 is 0.592. The summed E-state index contributed by atoms with van der Waals surface area (Å²) in [5, 5.41) is 14.0. The van der Waals surface area contributed by atoms with Gasteiger partial charge in [-0.05, 0) is 28.1 Å². The molecule has 1 aromatic heterocycles. The molecule has 0 unspecified atom stereocenters. The summed E-state index contributed by atoms with van der Waals surface area (Å²) >= 11 is 3.26. The molecule has 2 rings (SSSR count). The van der Waals surface area contributed by atoms with Crippen molar-refractivity contribution >= 4 is 39.2 Å². The van der Waals surface area contributed by atoms with Crippen LogP contribution in [0.15, 0.2) is 47.7 Å². The minimum Gasteiger partial charge on any atom is -0.361 e. The lowest BCUT2D eigenvalue weighted by Gasteiger charge is -2.10. The predicted molar refractivity (Wildman–Crippen MR) is 92.6 cm³/mol. The summed E-state index contributed by atoms with van der Waals surface area (Å²) in [5.74, 6) is -0.592. The Morgan fingerprint density at radius 1 is 1.33 bits per heavy atom. The first kappa shape index (κ1) is 17.3. The van der Waals surface area contributed by atoms with E-state index in [1.54, 1.807) is 24.3 Å². The molecule has 124 valence electrons. The van der Waals surface area contributed by atoms with Crippen molar-refractivity contribution in [2.24, 2.45) is 0 Å². The van der Waals surface area contributed by atoms with Gasteiger partial charge in [0.15, 0.2) is 0 Å². The molecule has 0 bridgehead atoms. The van der Waals surface area contributed by atoms with Gasteiger partial charge >= 0.3 is 5.69 Å². The molecule has 0 aliphatic rings. The second-order valence-electron chi connectivity index (χ2n) is 4.41. The summed E-state index contributed by atoms with van der Waals surface area (Å²) in [6.07, 6.45) is 2.68. The van der Waals surface area contributed by atoms with Gasteiger partial charge in [0.2, 0.25) is 11.6 Å². The van der Waals surface area contributed by atoms with Crippen molar-refractivity contribution in [3.8, 4) is 0 Å². The molecule has 0 saturated carbocycles. The van der Waals surface area contributed by atoms with E-state index in [-0.39, 0.29) is 17.3 Å². The SMILES string of the molecule is C=CCNc1ncnc(NNC(=O)c2ccccc2Br)c1[N+](=O)[O-]. The van der Waals surface area contributed by atoms with Gasteiger partial charge in [-0.1, -0.05) is 18.2 Å². The molecule has 0 spiro atoms. The fourth-order valence-electron chi connectivity index (χ4n) is 1.77. The smallest absolute Gasteiger partial charge is 0.354 e. The number of halogens is 1. The van der Waals surface area contributed by atoms with Gasteiger partial charge in [-0.25, -0.2) is 9.97 Å². The maximum atomic E-state index is 12.1. The molecular weight excluding hydrogens is 380 g/mol. The number of hydrazine groups is 1. The number of nitrogens with zero attached hydrogens (tertiary/aromatic N) is 3. The van der Waals surface area contributed by atoms with Crippen LogP contribution in [0.2, 0.25) is 0 Å². The number of hydrogen-bond donors (Lipinski definition) is 3. The first-order valence-electron chi connectivity index (χ1n) is 6.69. The van der Waals surface area contributed by atoms with Crippen LogP contribution in [-0.4, -0.2) is 27.3 Å². The summed E-state index contributed by atoms with van der Waals surface area (Å²) in [7, 11) is 0. The number of aromatic nitrogens is 2. The second kappa shape index (κ2) is 8.02. The number of nitro groups is 1. The van der Waals surface area contributed by atoms with Crippen LogP contribution < -0.4 is 16.2 Å². The van der Waals surface area contributed by atoms with Gasteiger partial charge in [0, 0.05) is 11.0 Å². The zero-order valence-corrected chi connectivity index (χ0v) is 13.9. The van der Waals surface area contributed by atoms with E-state index >= 15 is 0 Å². The highest BCUT2D eigenvalue weighted by molar-refractivity contribution is 9.10. The highest BCUT2D eigenvalue weighted by Crippen LogP contribution is 2.28. The average molecular weight is 393 g/mol. The van der Waals surface area contributed by atoms with Crippen LogP contribution in [0.1, 0.15) is 10.4 Å². The Morgan fingerprint density at radius 3 is 2.71 bits per heavy atom. The zero-order valence-electron chi connectivity index (χ0n) is 12.3. The van der Waals surface area contributed by atoms with E-state index in [1.165, 1.54) is 6.08 Å². The van der Waals surface area contributed by atoms with Crippen LogP contribution >= 0.6 is 15.9 Å². The Morgan fingerprint density at radius 2 is 2.04 bits per heavy atom. The van der Waals surface area contributed by atoms with Gasteiger partial charge in [-0.15, -0.1) is 6.58 Å². The maximum Gasteiger partial charge on any atom is 0.354 e. The molecular formula is C14H13BrN6O3. The minimum absolute atomic E-state index is 0.0209. The van der Waals surface area contributed by atoms with Gasteiger partial charge in [0.1, 0.15) is 6.33 Å². The highest BCUT2D eigenvalue weighted by atomic mass is 79.9. The Hall–Kier alpha value is -3.01. The van der Waals surface area contributed by atoms with E-state index in [2.05, 4.69) is 48.6 Å². The first-order chi connectivity index (χ1) is 11.5. The van der Waals surface area contributed by atoms with Gasteiger partial charge in [-0.3, -0.25) is 25.8 Å². The van der Waals surface area contributed by atoms with Crippen molar-refractivity contribution in [3.05, 3.63) is 63.4 Å². The van der Waals surface area contributed by atoms with E-state index in [0.717, 1.165) is 6.33 Å². The van der Waals surface area contributed by atoms with Gasteiger partial charge in [0.05, 0.1) is 10.5 Å². The highest BCUT2D eigenvalue weighted by Gasteiger charge is 2.23. The van der Waals surface area contributed by atoms with E-state index in [9.17, 15) is 14.9 Å². The first-order valence-corrected chi connectivity index (χ1v) is 7.49. The summed E-state index contributed by atoms with van der Waals surface area (Å²) in [5.41, 5.74) is 4.82. The molecule has 0 radical (unpaired) electrons. The topological polar surface area (TPSA) is 122 Å². The number of amides is 1. The number of anilines is 2. The van der Waals surface area contributed by atoms with Crippen molar-refractivity contribution < 1.29 is 9.72 Å². The quantitative estimate of drug-likeness (QED) is 0.375. The largest absolute Gasteiger partial charge is 0.361 e. The van der Waals surface area contributed by atoms with E-state index in [4.69, 9.17) is 0 Å². The number of carbonyl (C=O) groups excluding carboxylic acids is 1. The third-order valence-electron chi connectivity index (χ3n) is 2.83. The predicted octanol–water partition coefficient (Wildman–Crippen LogP) is 2.50. The molecule has 0 atom stereocenters. The van der Waals surface area contributed by atoms with Crippen LogP contribution in [0, 0.1) is 10.1 Å². The van der Waals surface area contributed by atoms with Crippen molar-refractivity contribution in [1.82, 2.24) is 15.4 Å². The lowest BCUT2D eigenvalue weighted by molar-refractivity contribution is -0.383. The van der Waals surface area contributed by atoms with Crippen LogP contribution in [-0.2, 0) is 0 Å². The summed E-state index contributed by atoms with van der Waals surface area (Å²) in [6, 6.07) is 6.77. The van der Waals surface area contributed by atoms with E-state index in [0.29, 0.717) is 16.6 Å². The van der Waals surface area contributed by atoms with Crippen molar-refractivity contribution in [2.45, 2.75) is 0 Å². The number of nitrogens with one attached hydrogen (secondary N) is 3. The van der Waals surface area contributed by atoms with Gasteiger partial charge in [-0.2, -0.15) is 0 Å². The number of hydrogen-bond acceptors (Lipinski definition) is 7. The fraction of sp³-hybridized carbons (Fsp3) is 0.0714. The molecule has 9 nitrogen and oxygen atoms in total. The minimum atomic E-state index is -0.641. The van der Waals surface area contributed by atoms with E-state index in [1.807, 2.05) is 0 Å². The normalized spacial score (nSPS) is 9.88. The monoisotopic (exact) mass is 392 g/mol. The number of rotatable bonds is 7. The number of benzene rings is 1. The summed E-state index contributed by atoms with van der Waals surface area (Å²) in [6.45, 7) is 3.81. The third kappa shape index (κ3) is 4.04. The Bertz CT molecular complexity index is 783. The molecule has 2 aromatic rings. The molecule has 0 aliphatic heterocycles. The van der Waals surface area contributed by atoms with Crippen molar-refractivity contribution in [2.75, 3.05) is 17.3 Å². The molecule has 10 heteroatoms. The van der Waals surface area contributed by atoms with Gasteiger partial charge in [0.25, 0.3) is 5.91 Å². The third-order valence-corrected chi connectivity index (χ3v) is 3.52. The van der Waals surface area contributed by atoms with Crippen LogP contribution in [0.4, 0.5) is 17.3 Å². The van der Waals surface area contributed by atoms with Gasteiger partial charge < -0.3 is 5.32 Å². The standard InChI is InChI=1S/C14H13BrN6O3/c1-2-7-16-12-11(21(23)24)13(18-8-17-12)19-20-14(22)9-5-3-4-6-10(9)15/h2-6,8H,1,7H2,(H,20,22)(H2,16,17,18,19). The molecule has 3 N–H and O–H groups in total. The molecule has 24 heavy (non-hydrogen) atoms. The molecule has 0 fully saturated rings.